The lowest BCUT2D eigenvalue weighted by Gasteiger charge is -2.27. The Morgan fingerprint density at radius 3 is 1.88 bits per heavy atom. The van der Waals surface area contributed by atoms with Gasteiger partial charge in [0.05, 0.1) is 0 Å². The molecule has 0 aromatic heterocycles. The molecule has 0 spiro atoms. The smallest absolute Gasteiger partial charge is 0.123 e. The Labute approximate surface area is 166 Å². The first-order valence-electron chi connectivity index (χ1n) is 9.73. The minimum Gasteiger partial charge on any atom is -0.295 e. The first kappa shape index (κ1) is 18.9. The number of unbranched alkanes of at least 4 members (excludes halogenated alkanes) is 5. The maximum Gasteiger partial charge on any atom is 0.123 e. The third kappa shape index (κ3) is 3.95. The van der Waals surface area contributed by atoms with E-state index in [9.17, 15) is 0 Å². The van der Waals surface area contributed by atoms with E-state index in [1.807, 2.05) is 0 Å². The molecule has 1 aliphatic carbocycles. The summed E-state index contributed by atoms with van der Waals surface area (Å²) < 4.78 is -0.0934. The van der Waals surface area contributed by atoms with E-state index >= 15 is 0 Å². The molecule has 0 saturated heterocycles. The van der Waals surface area contributed by atoms with E-state index in [4.69, 9.17) is 0 Å². The molecule has 0 unspecified atom stereocenters. The van der Waals surface area contributed by atoms with Crippen molar-refractivity contribution < 1.29 is 0 Å². The van der Waals surface area contributed by atoms with E-state index in [1.54, 1.807) is 0 Å². The van der Waals surface area contributed by atoms with E-state index in [2.05, 4.69) is 85.1 Å². The van der Waals surface area contributed by atoms with Crippen molar-refractivity contribution in [2.45, 2.75) is 62.8 Å². The summed E-state index contributed by atoms with van der Waals surface area (Å²) in [5.74, 6) is 0. The number of fused-ring (bicyclic) bond motifs is 3. The fraction of sp³-hybridized carbons (Fsp3) is 0.478. The van der Waals surface area contributed by atoms with Crippen LogP contribution in [0.5, 0.6) is 0 Å². The van der Waals surface area contributed by atoms with Crippen LogP contribution in [-0.2, 0) is 3.55 Å². The van der Waals surface area contributed by atoms with Crippen LogP contribution in [0.4, 0.5) is 0 Å². The van der Waals surface area contributed by atoms with Crippen molar-refractivity contribution in [3.05, 3.63) is 58.7 Å². The molecule has 0 radical (unpaired) electrons. The quantitative estimate of drug-likeness (QED) is 0.202. The lowest BCUT2D eigenvalue weighted by molar-refractivity contribution is 0.535. The second-order valence-electron chi connectivity index (χ2n) is 7.45. The number of alkyl halides is 1. The normalized spacial score (nSPS) is 14.4. The summed E-state index contributed by atoms with van der Waals surface area (Å²) in [5.41, 5.74) is 8.33. The van der Waals surface area contributed by atoms with E-state index in [0.29, 0.717) is 0 Å². The molecule has 0 saturated carbocycles. The Morgan fingerprint density at radius 2 is 1.32 bits per heavy atom. The summed E-state index contributed by atoms with van der Waals surface area (Å²) in [5, 5.41) is 3.90. The van der Waals surface area contributed by atoms with Crippen LogP contribution in [0.3, 0.4) is 0 Å². The minimum absolute atomic E-state index is 0.0934. The topological polar surface area (TPSA) is 12.0 Å². The maximum atomic E-state index is 3.90. The van der Waals surface area contributed by atoms with Crippen LogP contribution in [0, 0.1) is 13.8 Å². The second-order valence-corrected chi connectivity index (χ2v) is 9.07. The Hall–Kier alpha value is -0.870. The van der Waals surface area contributed by atoms with E-state index in [-0.39, 0.29) is 3.55 Å². The van der Waals surface area contributed by atoms with E-state index < -0.39 is 0 Å². The first-order chi connectivity index (χ1) is 12.1. The van der Waals surface area contributed by atoms with Crippen molar-refractivity contribution in [1.29, 1.82) is 0 Å². The predicted molar refractivity (Wildman–Crippen MR) is 118 cm³/mol. The van der Waals surface area contributed by atoms with Gasteiger partial charge in [0.2, 0.25) is 0 Å². The highest BCUT2D eigenvalue weighted by atomic mass is 127. The standard InChI is InChI=1S/C23H30IN/c1-4-5-6-7-8-9-14-25-23(24)21-15-17(2)10-12-19(21)20-13-11-18(3)16-22(20)23/h10-13,15-16,25H,4-9,14H2,1-3H3. The molecule has 2 heteroatoms. The maximum absolute atomic E-state index is 3.90. The number of hydrogen-bond donors (Lipinski definition) is 1. The zero-order valence-corrected chi connectivity index (χ0v) is 17.9. The Balaban J connectivity index is 1.77. The van der Waals surface area contributed by atoms with Crippen LogP contribution < -0.4 is 5.32 Å². The van der Waals surface area contributed by atoms with Gasteiger partial charge in [0.15, 0.2) is 0 Å². The Kier molecular flexibility index (Phi) is 6.21. The average Bonchev–Trinajstić information content (AvgIpc) is 2.83. The molecule has 0 bridgehead atoms. The average molecular weight is 447 g/mol. The van der Waals surface area contributed by atoms with Gasteiger partial charge < -0.3 is 0 Å². The molecule has 1 aliphatic rings. The summed E-state index contributed by atoms with van der Waals surface area (Å²) in [4.78, 5) is 0. The summed E-state index contributed by atoms with van der Waals surface area (Å²) in [6, 6.07) is 13.8. The van der Waals surface area contributed by atoms with Gasteiger partial charge >= 0.3 is 0 Å². The van der Waals surface area contributed by atoms with Gasteiger partial charge in [-0.25, -0.2) is 0 Å². The van der Waals surface area contributed by atoms with Gasteiger partial charge in [-0.15, -0.1) is 0 Å². The van der Waals surface area contributed by atoms with Crippen molar-refractivity contribution in [2.24, 2.45) is 0 Å². The van der Waals surface area contributed by atoms with Gasteiger partial charge in [0, 0.05) is 0 Å². The summed E-state index contributed by atoms with van der Waals surface area (Å²) in [6.45, 7) is 7.74. The fourth-order valence-corrected chi connectivity index (χ4v) is 5.02. The lowest BCUT2D eigenvalue weighted by atomic mass is 10.0. The van der Waals surface area contributed by atoms with E-state index in [0.717, 1.165) is 6.54 Å². The zero-order valence-electron chi connectivity index (χ0n) is 15.8. The van der Waals surface area contributed by atoms with Gasteiger partial charge in [-0.2, -0.15) is 0 Å². The van der Waals surface area contributed by atoms with Crippen molar-refractivity contribution in [2.75, 3.05) is 6.54 Å². The van der Waals surface area contributed by atoms with Crippen molar-refractivity contribution in [3.8, 4) is 11.1 Å². The molecule has 0 fully saturated rings. The molecule has 0 atom stereocenters. The van der Waals surface area contributed by atoms with Crippen molar-refractivity contribution in [1.82, 2.24) is 5.32 Å². The predicted octanol–water partition coefficient (Wildman–Crippen LogP) is 6.87. The molecule has 2 aromatic rings. The van der Waals surface area contributed by atoms with E-state index in [1.165, 1.54) is 71.9 Å². The van der Waals surface area contributed by atoms with Gasteiger partial charge in [-0.1, -0.05) is 109 Å². The fourth-order valence-electron chi connectivity index (χ4n) is 3.86. The van der Waals surface area contributed by atoms with Gasteiger partial charge in [0.1, 0.15) is 3.55 Å². The number of halogens is 1. The van der Waals surface area contributed by atoms with Crippen LogP contribution in [-0.4, -0.2) is 6.54 Å². The Bertz CT molecular complexity index is 683. The van der Waals surface area contributed by atoms with Gasteiger partial charge in [-0.3, -0.25) is 5.32 Å². The van der Waals surface area contributed by atoms with Gasteiger partial charge in [-0.05, 0) is 49.1 Å². The molecular weight excluding hydrogens is 417 g/mol. The summed E-state index contributed by atoms with van der Waals surface area (Å²) in [7, 11) is 0. The molecule has 2 aromatic carbocycles. The molecule has 3 rings (SSSR count). The number of hydrogen-bond acceptors (Lipinski definition) is 1. The second kappa shape index (κ2) is 8.22. The highest BCUT2D eigenvalue weighted by Crippen LogP contribution is 2.51. The molecule has 1 nitrogen and oxygen atoms in total. The molecule has 0 amide bonds. The molecular formula is C23H30IN. The van der Waals surface area contributed by atoms with Crippen molar-refractivity contribution >= 4 is 22.6 Å². The molecule has 0 aliphatic heterocycles. The number of benzene rings is 2. The first-order valence-corrected chi connectivity index (χ1v) is 10.8. The molecule has 134 valence electrons. The third-order valence-electron chi connectivity index (χ3n) is 5.28. The molecule has 0 heterocycles. The summed E-state index contributed by atoms with van der Waals surface area (Å²) >= 11 is 2.64. The van der Waals surface area contributed by atoms with Crippen LogP contribution in [0.15, 0.2) is 36.4 Å². The largest absolute Gasteiger partial charge is 0.295 e. The Morgan fingerprint density at radius 1 is 0.800 bits per heavy atom. The van der Waals surface area contributed by atoms with Crippen LogP contribution in [0.1, 0.15) is 67.7 Å². The van der Waals surface area contributed by atoms with Gasteiger partial charge in [0.25, 0.3) is 0 Å². The lowest BCUT2D eigenvalue weighted by Crippen LogP contribution is -2.36. The SMILES string of the molecule is CCCCCCCCNC1(I)c2cc(C)ccc2-c2ccc(C)cc21. The zero-order chi connectivity index (χ0) is 17.9. The molecule has 1 N–H and O–H groups in total. The summed E-state index contributed by atoms with van der Waals surface area (Å²) in [6.07, 6.45) is 8.05. The third-order valence-corrected chi connectivity index (χ3v) is 6.83. The van der Waals surface area contributed by atoms with Crippen LogP contribution >= 0.6 is 22.6 Å². The molecule has 25 heavy (non-hydrogen) atoms. The van der Waals surface area contributed by atoms with Crippen LogP contribution in [0.2, 0.25) is 0 Å². The highest BCUT2D eigenvalue weighted by molar-refractivity contribution is 14.1. The minimum atomic E-state index is -0.0934. The number of rotatable bonds is 8. The highest BCUT2D eigenvalue weighted by Gasteiger charge is 2.40. The number of aryl methyl sites for hydroxylation is 2. The number of nitrogens with one attached hydrogen (secondary N) is 1. The van der Waals surface area contributed by atoms with Crippen molar-refractivity contribution in [3.63, 3.8) is 0 Å². The monoisotopic (exact) mass is 447 g/mol. The van der Waals surface area contributed by atoms with Crippen LogP contribution in [0.25, 0.3) is 11.1 Å².